The van der Waals surface area contributed by atoms with Gasteiger partial charge >= 0.3 is 0 Å². The van der Waals surface area contributed by atoms with Crippen LogP contribution in [0.5, 0.6) is 5.75 Å². The average molecular weight is 182 g/mol. The summed E-state index contributed by atoms with van der Waals surface area (Å²) in [5.41, 5.74) is 18.2. The van der Waals surface area contributed by atoms with Gasteiger partial charge in [-0.1, -0.05) is 0 Å². The van der Waals surface area contributed by atoms with Crippen LogP contribution in [0.4, 0.5) is 17.1 Å². The molecule has 7 N–H and O–H groups in total. The molecule has 0 radical (unpaired) electrons. The van der Waals surface area contributed by atoms with Gasteiger partial charge in [-0.25, -0.2) is 0 Å². The quantitative estimate of drug-likeness (QED) is 0.389. The first-order chi connectivity index (χ1) is 6.15. The van der Waals surface area contributed by atoms with Crippen molar-refractivity contribution in [2.24, 2.45) is 0 Å². The zero-order valence-electron chi connectivity index (χ0n) is 7.50. The highest BCUT2D eigenvalue weighted by Crippen LogP contribution is 2.30. The van der Waals surface area contributed by atoms with Crippen molar-refractivity contribution in [1.82, 2.24) is 5.32 Å². The third kappa shape index (κ3) is 2.16. The highest BCUT2D eigenvalue weighted by atomic mass is 16.5. The van der Waals surface area contributed by atoms with Gasteiger partial charge in [0.15, 0.2) is 0 Å². The van der Waals surface area contributed by atoms with E-state index in [2.05, 4.69) is 5.32 Å². The summed E-state index contributed by atoms with van der Waals surface area (Å²) >= 11 is 0. The third-order valence-corrected chi connectivity index (χ3v) is 1.57. The summed E-state index contributed by atoms with van der Waals surface area (Å²) in [5, 5.41) is 2.82. The number of rotatable bonds is 3. The second kappa shape index (κ2) is 3.86. The van der Waals surface area contributed by atoms with Crippen LogP contribution >= 0.6 is 0 Å². The summed E-state index contributed by atoms with van der Waals surface area (Å²) in [6.07, 6.45) is 0. The normalized spacial score (nSPS) is 9.92. The lowest BCUT2D eigenvalue weighted by Crippen LogP contribution is -2.15. The van der Waals surface area contributed by atoms with Gasteiger partial charge in [-0.15, -0.1) is 0 Å². The summed E-state index contributed by atoms with van der Waals surface area (Å²) in [4.78, 5) is 0. The summed E-state index contributed by atoms with van der Waals surface area (Å²) < 4.78 is 5.25. The molecule has 0 aliphatic heterocycles. The molecule has 5 nitrogen and oxygen atoms in total. The fraction of sp³-hybridized carbons (Fsp3) is 0.250. The molecule has 0 amide bonds. The number of ether oxygens (including phenoxy) is 1. The summed E-state index contributed by atoms with van der Waals surface area (Å²) in [5.74, 6) is 0.506. The molecule has 0 fully saturated rings. The van der Waals surface area contributed by atoms with Gasteiger partial charge in [0.1, 0.15) is 12.5 Å². The molecular weight excluding hydrogens is 168 g/mol. The smallest absolute Gasteiger partial charge is 0.148 e. The van der Waals surface area contributed by atoms with Crippen LogP contribution in [-0.2, 0) is 0 Å². The third-order valence-electron chi connectivity index (χ3n) is 1.57. The standard InChI is InChI=1S/C8H14N4O/c1-12-4-13-7-3-5(9)2-6(10)8(7)11/h2-3,12H,4,9-11H2,1H3. The first-order valence-electron chi connectivity index (χ1n) is 3.87. The fourth-order valence-electron chi connectivity index (χ4n) is 0.940. The highest BCUT2D eigenvalue weighted by molar-refractivity contribution is 5.75. The van der Waals surface area contributed by atoms with Crippen molar-refractivity contribution >= 4 is 17.1 Å². The molecule has 0 saturated heterocycles. The van der Waals surface area contributed by atoms with E-state index in [4.69, 9.17) is 21.9 Å². The van der Waals surface area contributed by atoms with Gasteiger partial charge in [-0.2, -0.15) is 0 Å². The van der Waals surface area contributed by atoms with Gasteiger partial charge in [0.05, 0.1) is 11.4 Å². The van der Waals surface area contributed by atoms with Gasteiger partial charge in [-0.3, -0.25) is 5.32 Å². The lowest BCUT2D eigenvalue weighted by Gasteiger charge is -2.10. The molecule has 5 heteroatoms. The lowest BCUT2D eigenvalue weighted by molar-refractivity contribution is 0.298. The molecule has 0 aliphatic rings. The molecule has 0 bridgehead atoms. The van der Waals surface area contributed by atoms with Gasteiger partial charge < -0.3 is 21.9 Å². The van der Waals surface area contributed by atoms with Gasteiger partial charge in [-0.05, 0) is 13.1 Å². The highest BCUT2D eigenvalue weighted by Gasteiger charge is 2.04. The molecule has 0 unspecified atom stereocenters. The Morgan fingerprint density at radius 1 is 1.31 bits per heavy atom. The number of hydrogen-bond acceptors (Lipinski definition) is 5. The van der Waals surface area contributed by atoms with Gasteiger partial charge in [0.25, 0.3) is 0 Å². The summed E-state index contributed by atoms with van der Waals surface area (Å²) in [6, 6.07) is 3.24. The number of nitrogens with two attached hydrogens (primary N) is 3. The molecule has 0 aromatic heterocycles. The molecule has 13 heavy (non-hydrogen) atoms. The Hall–Kier alpha value is -1.62. The van der Waals surface area contributed by atoms with Crippen LogP contribution in [0.3, 0.4) is 0 Å². The van der Waals surface area contributed by atoms with Crippen LogP contribution in [-0.4, -0.2) is 13.8 Å². The second-order valence-electron chi connectivity index (χ2n) is 2.66. The van der Waals surface area contributed by atoms with Crippen molar-refractivity contribution in [3.05, 3.63) is 12.1 Å². The predicted molar refractivity (Wildman–Crippen MR) is 54.2 cm³/mol. The van der Waals surface area contributed by atoms with Crippen LogP contribution in [0.25, 0.3) is 0 Å². The predicted octanol–water partition coefficient (Wildman–Crippen LogP) is -0.0111. The van der Waals surface area contributed by atoms with E-state index in [1.807, 2.05) is 0 Å². The van der Waals surface area contributed by atoms with E-state index < -0.39 is 0 Å². The fourth-order valence-corrected chi connectivity index (χ4v) is 0.940. The van der Waals surface area contributed by atoms with Crippen molar-refractivity contribution in [2.45, 2.75) is 0 Å². The van der Waals surface area contributed by atoms with Crippen LogP contribution in [0, 0.1) is 0 Å². The number of anilines is 3. The Labute approximate surface area is 76.8 Å². The molecule has 0 aliphatic carbocycles. The van der Waals surface area contributed by atoms with E-state index in [0.29, 0.717) is 29.5 Å². The largest absolute Gasteiger partial charge is 0.476 e. The minimum Gasteiger partial charge on any atom is -0.476 e. The van der Waals surface area contributed by atoms with Crippen LogP contribution in [0.1, 0.15) is 0 Å². The molecule has 0 heterocycles. The maximum Gasteiger partial charge on any atom is 0.148 e. The molecule has 1 aromatic rings. The van der Waals surface area contributed by atoms with Gasteiger partial charge in [0.2, 0.25) is 0 Å². The van der Waals surface area contributed by atoms with Crippen LogP contribution < -0.4 is 27.3 Å². The molecule has 1 rings (SSSR count). The SMILES string of the molecule is CNCOc1cc(N)cc(N)c1N. The van der Waals surface area contributed by atoms with Crippen molar-refractivity contribution in [2.75, 3.05) is 31.0 Å². The molecular formula is C8H14N4O. The lowest BCUT2D eigenvalue weighted by atomic mass is 10.2. The molecule has 72 valence electrons. The Bertz CT molecular complexity index is 300. The maximum absolute atomic E-state index is 5.66. The Morgan fingerprint density at radius 3 is 2.62 bits per heavy atom. The zero-order valence-corrected chi connectivity index (χ0v) is 7.50. The van der Waals surface area contributed by atoms with E-state index in [1.54, 1.807) is 19.2 Å². The number of nitrogen functional groups attached to an aromatic ring is 3. The Balaban J connectivity index is 2.92. The minimum absolute atomic E-state index is 0.368. The van der Waals surface area contributed by atoms with Crippen LogP contribution in [0.15, 0.2) is 12.1 Å². The van der Waals surface area contributed by atoms with E-state index in [0.717, 1.165) is 0 Å². The van der Waals surface area contributed by atoms with Crippen molar-refractivity contribution in [3.63, 3.8) is 0 Å². The van der Waals surface area contributed by atoms with E-state index in [9.17, 15) is 0 Å². The molecule has 1 aromatic carbocycles. The minimum atomic E-state index is 0.368. The molecule has 0 atom stereocenters. The number of hydrogen-bond donors (Lipinski definition) is 4. The Morgan fingerprint density at radius 2 is 2.00 bits per heavy atom. The molecule has 0 spiro atoms. The Kier molecular flexibility index (Phi) is 2.81. The maximum atomic E-state index is 5.66. The van der Waals surface area contributed by atoms with E-state index >= 15 is 0 Å². The average Bonchev–Trinajstić information content (AvgIpc) is 2.09. The zero-order chi connectivity index (χ0) is 9.84. The topological polar surface area (TPSA) is 99.3 Å². The van der Waals surface area contributed by atoms with E-state index in [1.165, 1.54) is 0 Å². The van der Waals surface area contributed by atoms with Crippen molar-refractivity contribution < 1.29 is 4.74 Å². The molecule has 0 saturated carbocycles. The van der Waals surface area contributed by atoms with Crippen molar-refractivity contribution in [3.8, 4) is 5.75 Å². The monoisotopic (exact) mass is 182 g/mol. The van der Waals surface area contributed by atoms with Crippen molar-refractivity contribution in [1.29, 1.82) is 0 Å². The first kappa shape index (κ1) is 9.47. The summed E-state index contributed by atoms with van der Waals surface area (Å²) in [7, 11) is 1.77. The number of benzene rings is 1. The summed E-state index contributed by atoms with van der Waals surface area (Å²) in [6.45, 7) is 0.368. The van der Waals surface area contributed by atoms with Gasteiger partial charge in [0, 0.05) is 11.8 Å². The van der Waals surface area contributed by atoms with Crippen LogP contribution in [0.2, 0.25) is 0 Å². The number of nitrogens with one attached hydrogen (secondary N) is 1. The first-order valence-corrected chi connectivity index (χ1v) is 3.87. The van der Waals surface area contributed by atoms with E-state index in [-0.39, 0.29) is 0 Å². The second-order valence-corrected chi connectivity index (χ2v) is 2.66.